The molecule has 2 aromatic heterocycles. The number of halogens is 6. The van der Waals surface area contributed by atoms with Crippen molar-refractivity contribution in [1.82, 2.24) is 9.13 Å². The third kappa shape index (κ3) is 4.06. The van der Waals surface area contributed by atoms with Crippen LogP contribution in [0.5, 0.6) is 0 Å². The molecule has 130 valence electrons. The van der Waals surface area contributed by atoms with Gasteiger partial charge in [-0.25, -0.2) is 0 Å². The van der Waals surface area contributed by atoms with E-state index in [1.165, 1.54) is 17.7 Å². The standard InChI is InChI=1S/C13H9Cl3F3N3O2/c1-21-9(3-7(14)10(21)16)11(23)20-6-2-8(15)12(24)22(4-6)5-13(17,18)19/h2-4H,5H2,1H3,(H,20,23). The van der Waals surface area contributed by atoms with Gasteiger partial charge in [0.15, 0.2) is 0 Å². The molecule has 0 aliphatic rings. The first-order chi connectivity index (χ1) is 11.0. The first-order valence-corrected chi connectivity index (χ1v) is 7.42. The van der Waals surface area contributed by atoms with Gasteiger partial charge in [0.2, 0.25) is 0 Å². The van der Waals surface area contributed by atoms with Gasteiger partial charge < -0.3 is 14.5 Å². The molecule has 0 fully saturated rings. The molecular formula is C13H9Cl3F3N3O2. The number of hydrogen-bond acceptors (Lipinski definition) is 2. The first kappa shape index (κ1) is 18.7. The third-order valence-corrected chi connectivity index (χ3v) is 4.11. The zero-order chi connectivity index (χ0) is 18.2. The zero-order valence-electron chi connectivity index (χ0n) is 11.9. The van der Waals surface area contributed by atoms with E-state index in [4.69, 9.17) is 34.8 Å². The van der Waals surface area contributed by atoms with Gasteiger partial charge in [0.1, 0.15) is 22.4 Å². The predicted octanol–water partition coefficient (Wildman–Crippen LogP) is 3.96. The van der Waals surface area contributed by atoms with Crippen molar-refractivity contribution in [1.29, 1.82) is 0 Å². The second-order valence-corrected chi connectivity index (χ2v) is 5.98. The number of carbonyl (C=O) groups excluding carboxylic acids is 1. The molecule has 0 radical (unpaired) electrons. The SMILES string of the molecule is Cn1c(C(=O)Nc2cc(Cl)c(=O)n(CC(F)(F)F)c2)cc(Cl)c1Cl. The van der Waals surface area contributed by atoms with E-state index in [1.807, 2.05) is 0 Å². The maximum Gasteiger partial charge on any atom is 0.406 e. The lowest BCUT2D eigenvalue weighted by molar-refractivity contribution is -0.141. The second-order valence-electron chi connectivity index (χ2n) is 4.81. The summed E-state index contributed by atoms with van der Waals surface area (Å²) in [6, 6.07) is 2.35. The van der Waals surface area contributed by atoms with Crippen LogP contribution >= 0.6 is 34.8 Å². The fourth-order valence-electron chi connectivity index (χ4n) is 1.93. The van der Waals surface area contributed by atoms with Crippen molar-refractivity contribution < 1.29 is 18.0 Å². The molecule has 0 saturated carbocycles. The van der Waals surface area contributed by atoms with Crippen LogP contribution in [-0.4, -0.2) is 21.2 Å². The molecule has 0 aromatic carbocycles. The van der Waals surface area contributed by atoms with E-state index in [1.54, 1.807) is 0 Å². The second kappa shape index (κ2) is 6.70. The van der Waals surface area contributed by atoms with Gasteiger partial charge in [0.25, 0.3) is 11.5 Å². The highest BCUT2D eigenvalue weighted by Crippen LogP contribution is 2.26. The van der Waals surface area contributed by atoms with E-state index >= 15 is 0 Å². The maximum absolute atomic E-state index is 12.5. The zero-order valence-corrected chi connectivity index (χ0v) is 14.2. The fraction of sp³-hybridized carbons (Fsp3) is 0.231. The Kier molecular flexibility index (Phi) is 5.22. The average molecular weight is 403 g/mol. The Morgan fingerprint density at radius 3 is 2.33 bits per heavy atom. The summed E-state index contributed by atoms with van der Waals surface area (Å²) in [5.41, 5.74) is -1.02. The maximum atomic E-state index is 12.5. The number of hydrogen-bond donors (Lipinski definition) is 1. The molecule has 2 rings (SSSR count). The largest absolute Gasteiger partial charge is 0.406 e. The van der Waals surface area contributed by atoms with E-state index in [9.17, 15) is 22.8 Å². The smallest absolute Gasteiger partial charge is 0.329 e. The number of alkyl halides is 3. The van der Waals surface area contributed by atoms with E-state index in [0.717, 1.165) is 12.3 Å². The summed E-state index contributed by atoms with van der Waals surface area (Å²) < 4.78 is 39.1. The van der Waals surface area contributed by atoms with Gasteiger partial charge in [-0.05, 0) is 12.1 Å². The lowest BCUT2D eigenvalue weighted by Gasteiger charge is -2.12. The molecule has 1 N–H and O–H groups in total. The highest BCUT2D eigenvalue weighted by atomic mass is 35.5. The van der Waals surface area contributed by atoms with Crippen molar-refractivity contribution in [3.8, 4) is 0 Å². The minimum Gasteiger partial charge on any atom is -0.329 e. The van der Waals surface area contributed by atoms with Gasteiger partial charge in [-0.1, -0.05) is 34.8 Å². The summed E-state index contributed by atoms with van der Waals surface area (Å²) in [6.07, 6.45) is -3.76. The summed E-state index contributed by atoms with van der Waals surface area (Å²) in [5, 5.41) is 2.16. The van der Waals surface area contributed by atoms with Crippen molar-refractivity contribution in [3.05, 3.63) is 49.6 Å². The van der Waals surface area contributed by atoms with Crippen molar-refractivity contribution in [2.45, 2.75) is 12.7 Å². The summed E-state index contributed by atoms with van der Waals surface area (Å²) in [4.78, 5) is 23.8. The number of nitrogens with zero attached hydrogens (tertiary/aromatic N) is 2. The van der Waals surface area contributed by atoms with Crippen LogP contribution in [0.1, 0.15) is 10.5 Å². The number of pyridine rings is 1. The molecule has 0 bridgehead atoms. The molecule has 0 saturated heterocycles. The van der Waals surface area contributed by atoms with Crippen LogP contribution in [0.2, 0.25) is 15.2 Å². The Morgan fingerprint density at radius 2 is 1.83 bits per heavy atom. The molecule has 24 heavy (non-hydrogen) atoms. The summed E-state index contributed by atoms with van der Waals surface area (Å²) in [6.45, 7) is -1.53. The molecule has 0 spiro atoms. The van der Waals surface area contributed by atoms with E-state index in [0.29, 0.717) is 4.57 Å². The predicted molar refractivity (Wildman–Crippen MR) is 85.2 cm³/mol. The van der Waals surface area contributed by atoms with Crippen molar-refractivity contribution in [3.63, 3.8) is 0 Å². The molecule has 5 nitrogen and oxygen atoms in total. The number of nitrogens with one attached hydrogen (secondary N) is 1. The fourth-order valence-corrected chi connectivity index (χ4v) is 2.54. The van der Waals surface area contributed by atoms with Crippen LogP contribution < -0.4 is 10.9 Å². The van der Waals surface area contributed by atoms with Gasteiger partial charge >= 0.3 is 6.18 Å². The van der Waals surface area contributed by atoms with Gasteiger partial charge in [0, 0.05) is 13.2 Å². The lowest BCUT2D eigenvalue weighted by atomic mass is 10.3. The Balaban J connectivity index is 2.34. The van der Waals surface area contributed by atoms with Crippen LogP contribution in [0.4, 0.5) is 18.9 Å². The van der Waals surface area contributed by atoms with Crippen molar-refractivity contribution in [2.75, 3.05) is 5.32 Å². The normalized spacial score (nSPS) is 11.6. The van der Waals surface area contributed by atoms with Gasteiger partial charge in [0.05, 0.1) is 10.7 Å². The van der Waals surface area contributed by atoms with Crippen LogP contribution in [0, 0.1) is 0 Å². The lowest BCUT2D eigenvalue weighted by Crippen LogP contribution is -2.28. The topological polar surface area (TPSA) is 56.0 Å². The van der Waals surface area contributed by atoms with Crippen LogP contribution in [0.15, 0.2) is 23.1 Å². The molecule has 11 heteroatoms. The number of anilines is 1. The molecule has 0 aliphatic carbocycles. The number of aromatic nitrogens is 2. The molecule has 0 unspecified atom stereocenters. The minimum atomic E-state index is -4.62. The Morgan fingerprint density at radius 1 is 1.21 bits per heavy atom. The average Bonchev–Trinajstić information content (AvgIpc) is 2.70. The van der Waals surface area contributed by atoms with Gasteiger partial charge in [-0.3, -0.25) is 9.59 Å². The summed E-state index contributed by atoms with van der Waals surface area (Å²) >= 11 is 17.3. The van der Waals surface area contributed by atoms with E-state index < -0.39 is 29.2 Å². The van der Waals surface area contributed by atoms with Crippen molar-refractivity contribution >= 4 is 46.4 Å². The van der Waals surface area contributed by atoms with Crippen LogP contribution in [-0.2, 0) is 13.6 Å². The van der Waals surface area contributed by atoms with Crippen LogP contribution in [0.3, 0.4) is 0 Å². The third-order valence-electron chi connectivity index (χ3n) is 3.00. The highest BCUT2D eigenvalue weighted by Gasteiger charge is 2.29. The van der Waals surface area contributed by atoms with Gasteiger partial charge in [-0.2, -0.15) is 13.2 Å². The minimum absolute atomic E-state index is 0.0784. The molecule has 0 aliphatic heterocycles. The summed E-state index contributed by atoms with van der Waals surface area (Å²) in [7, 11) is 1.49. The van der Waals surface area contributed by atoms with E-state index in [-0.39, 0.29) is 21.6 Å². The molecule has 2 aromatic rings. The monoisotopic (exact) mass is 401 g/mol. The Hall–Kier alpha value is -1.64. The quantitative estimate of drug-likeness (QED) is 0.845. The van der Waals surface area contributed by atoms with Crippen LogP contribution in [0.25, 0.3) is 0 Å². The van der Waals surface area contributed by atoms with Crippen molar-refractivity contribution in [2.24, 2.45) is 7.05 Å². The Bertz CT molecular complexity index is 859. The first-order valence-electron chi connectivity index (χ1n) is 6.28. The Labute approximate surface area is 148 Å². The highest BCUT2D eigenvalue weighted by molar-refractivity contribution is 6.42. The van der Waals surface area contributed by atoms with Gasteiger partial charge in [-0.15, -0.1) is 0 Å². The molecule has 0 atom stereocenters. The number of amides is 1. The number of carbonyl (C=O) groups is 1. The van der Waals surface area contributed by atoms with E-state index in [2.05, 4.69) is 5.32 Å². The summed E-state index contributed by atoms with van der Waals surface area (Å²) in [5.74, 6) is -0.681. The number of rotatable bonds is 3. The molecular weight excluding hydrogens is 394 g/mol. The molecule has 1 amide bonds. The molecule has 2 heterocycles.